The number of unbranched alkanes of at least 4 members (excludes halogenated alkanes) is 31. The minimum Gasteiger partial charge on any atom is -0.462 e. The normalized spacial score (nSPS) is 14.4. The number of esters is 4. The Hall–Kier alpha value is -1.94. The molecule has 0 aliphatic carbocycles. The first-order chi connectivity index (χ1) is 37.5. The lowest BCUT2D eigenvalue weighted by molar-refractivity contribution is -0.161. The first-order valence-electron chi connectivity index (χ1n) is 31.1. The molecule has 78 heavy (non-hydrogen) atoms. The molecule has 17 nitrogen and oxygen atoms in total. The van der Waals surface area contributed by atoms with Gasteiger partial charge in [-0.05, 0) is 31.6 Å². The predicted octanol–water partition coefficient (Wildman–Crippen LogP) is 15.8. The Balaban J connectivity index is 5.10. The highest BCUT2D eigenvalue weighted by molar-refractivity contribution is 7.47. The van der Waals surface area contributed by atoms with Gasteiger partial charge < -0.3 is 33.8 Å². The summed E-state index contributed by atoms with van der Waals surface area (Å²) < 4.78 is 67.5. The number of phosphoric ester groups is 2. The first kappa shape index (κ1) is 76.1. The van der Waals surface area contributed by atoms with Gasteiger partial charge in [0.05, 0.1) is 26.4 Å². The Morgan fingerprint density at radius 2 is 0.590 bits per heavy atom. The fourth-order valence-electron chi connectivity index (χ4n) is 8.70. The molecule has 0 bridgehead atoms. The van der Waals surface area contributed by atoms with Crippen molar-refractivity contribution in [2.24, 2.45) is 5.92 Å². The van der Waals surface area contributed by atoms with Crippen LogP contribution in [0.2, 0.25) is 0 Å². The van der Waals surface area contributed by atoms with E-state index in [0.29, 0.717) is 25.7 Å². The lowest BCUT2D eigenvalue weighted by Crippen LogP contribution is -2.30. The van der Waals surface area contributed by atoms with Gasteiger partial charge in [0.2, 0.25) is 0 Å². The predicted molar refractivity (Wildman–Crippen MR) is 308 cm³/mol. The molecule has 0 fully saturated rings. The number of aliphatic hydroxyl groups is 1. The highest BCUT2D eigenvalue weighted by Gasteiger charge is 2.30. The number of rotatable bonds is 59. The molecule has 5 atom stereocenters. The summed E-state index contributed by atoms with van der Waals surface area (Å²) >= 11 is 0. The van der Waals surface area contributed by atoms with E-state index in [2.05, 4.69) is 34.6 Å². The zero-order valence-corrected chi connectivity index (χ0v) is 51.6. The van der Waals surface area contributed by atoms with E-state index in [1.165, 1.54) is 77.0 Å². The molecule has 0 spiro atoms. The van der Waals surface area contributed by atoms with Crippen LogP contribution in [0.25, 0.3) is 0 Å². The third-order valence-corrected chi connectivity index (χ3v) is 15.4. The van der Waals surface area contributed by atoms with Crippen LogP contribution in [0.5, 0.6) is 0 Å². The Morgan fingerprint density at radius 1 is 0.346 bits per heavy atom. The van der Waals surface area contributed by atoms with E-state index in [1.54, 1.807) is 0 Å². The maximum atomic E-state index is 12.9. The monoisotopic (exact) mass is 1160 g/mol. The van der Waals surface area contributed by atoms with Crippen molar-refractivity contribution in [3.05, 3.63) is 0 Å². The van der Waals surface area contributed by atoms with Gasteiger partial charge in [-0.1, -0.05) is 240 Å². The number of hydrogen-bond acceptors (Lipinski definition) is 15. The summed E-state index contributed by atoms with van der Waals surface area (Å²) in [7, 11) is -9.86. The number of ether oxygens (including phenoxy) is 4. The zero-order chi connectivity index (χ0) is 57.8. The summed E-state index contributed by atoms with van der Waals surface area (Å²) in [5.74, 6) is -1.36. The van der Waals surface area contributed by atoms with E-state index >= 15 is 0 Å². The lowest BCUT2D eigenvalue weighted by Gasteiger charge is -2.21. The molecule has 0 saturated carbocycles. The summed E-state index contributed by atoms with van der Waals surface area (Å²) in [5.41, 5.74) is 0. The van der Waals surface area contributed by atoms with E-state index in [1.807, 2.05) is 0 Å². The van der Waals surface area contributed by atoms with Crippen LogP contribution in [0, 0.1) is 5.92 Å². The van der Waals surface area contributed by atoms with Gasteiger partial charge in [0.15, 0.2) is 12.2 Å². The van der Waals surface area contributed by atoms with Crippen LogP contribution in [0.4, 0.5) is 0 Å². The van der Waals surface area contributed by atoms with Gasteiger partial charge in [-0.25, -0.2) is 9.13 Å². The Morgan fingerprint density at radius 3 is 0.872 bits per heavy atom. The summed E-state index contributed by atoms with van der Waals surface area (Å²) in [6.45, 7) is 7.05. The van der Waals surface area contributed by atoms with Gasteiger partial charge in [0.1, 0.15) is 19.3 Å². The fourth-order valence-corrected chi connectivity index (χ4v) is 10.3. The standard InChI is InChI=1S/C59H114O17P2/c1-6-9-12-15-26-32-37-42-56(61)69-48-54(75-58(63)44-39-34-28-17-14-11-8-3)50-73-77(65,66)71-46-53(60)47-72-78(67,68)74-51-55(49-70-57(62)43-38-33-27-16-13-10-7-2)76-59(64)45-40-35-30-25-23-21-19-18-20-22-24-29-31-36-41-52(4)5/h52-55,60H,6-51H2,1-5H3,(H,65,66)(H,67,68)/t53-,54+,55+/m0/s1. The van der Waals surface area contributed by atoms with E-state index in [9.17, 15) is 43.2 Å². The van der Waals surface area contributed by atoms with Crippen molar-refractivity contribution in [2.45, 2.75) is 310 Å². The third-order valence-electron chi connectivity index (χ3n) is 13.5. The average molecular weight is 1160 g/mol. The van der Waals surface area contributed by atoms with Gasteiger partial charge in [0, 0.05) is 25.7 Å². The lowest BCUT2D eigenvalue weighted by atomic mass is 10.0. The largest absolute Gasteiger partial charge is 0.472 e. The van der Waals surface area contributed by atoms with E-state index in [4.69, 9.17) is 37.0 Å². The van der Waals surface area contributed by atoms with Crippen LogP contribution in [0.15, 0.2) is 0 Å². The van der Waals surface area contributed by atoms with Crippen LogP contribution in [-0.4, -0.2) is 96.7 Å². The van der Waals surface area contributed by atoms with Gasteiger partial charge in [-0.3, -0.25) is 37.3 Å². The highest BCUT2D eigenvalue weighted by atomic mass is 31.2. The summed E-state index contributed by atoms with van der Waals surface area (Å²) in [6, 6.07) is 0. The molecule has 0 radical (unpaired) electrons. The number of aliphatic hydroxyl groups excluding tert-OH is 1. The van der Waals surface area contributed by atoms with Crippen molar-refractivity contribution in [1.82, 2.24) is 0 Å². The van der Waals surface area contributed by atoms with E-state index in [-0.39, 0.29) is 25.7 Å². The number of hydrogen-bond donors (Lipinski definition) is 3. The molecule has 19 heteroatoms. The second-order valence-corrected chi connectivity index (χ2v) is 24.8. The van der Waals surface area contributed by atoms with Crippen molar-refractivity contribution in [3.8, 4) is 0 Å². The number of carbonyl (C=O) groups is 4. The second kappa shape index (κ2) is 53.1. The van der Waals surface area contributed by atoms with E-state index < -0.39 is 97.5 Å². The average Bonchev–Trinajstić information content (AvgIpc) is 3.40. The molecule has 0 aromatic heterocycles. The van der Waals surface area contributed by atoms with Crippen LogP contribution >= 0.6 is 15.6 Å². The topological polar surface area (TPSA) is 237 Å². The summed E-state index contributed by atoms with van der Waals surface area (Å²) in [5, 5.41) is 10.5. The molecule has 0 amide bonds. The minimum atomic E-state index is -4.93. The van der Waals surface area contributed by atoms with Gasteiger partial charge in [0.25, 0.3) is 0 Å². The van der Waals surface area contributed by atoms with Gasteiger partial charge in [-0.2, -0.15) is 0 Å². The van der Waals surface area contributed by atoms with Crippen molar-refractivity contribution in [1.29, 1.82) is 0 Å². The van der Waals surface area contributed by atoms with Crippen LogP contribution in [0.3, 0.4) is 0 Å². The van der Waals surface area contributed by atoms with Gasteiger partial charge >= 0.3 is 39.5 Å². The van der Waals surface area contributed by atoms with Crippen molar-refractivity contribution >= 4 is 39.5 Å². The molecule has 0 aromatic rings. The van der Waals surface area contributed by atoms with Crippen LogP contribution in [0.1, 0.15) is 291 Å². The quantitative estimate of drug-likeness (QED) is 0.0222. The summed E-state index contributed by atoms with van der Waals surface area (Å²) in [6.07, 6.45) is 35.2. The van der Waals surface area contributed by atoms with E-state index in [0.717, 1.165) is 134 Å². The van der Waals surface area contributed by atoms with Crippen molar-refractivity contribution in [3.63, 3.8) is 0 Å². The number of phosphoric acid groups is 2. The van der Waals surface area contributed by atoms with Crippen LogP contribution in [-0.2, 0) is 65.4 Å². The fraction of sp³-hybridized carbons (Fsp3) is 0.932. The third kappa shape index (κ3) is 53.4. The Labute approximate surface area is 473 Å². The zero-order valence-electron chi connectivity index (χ0n) is 49.8. The molecular formula is C59H114O17P2. The van der Waals surface area contributed by atoms with Crippen LogP contribution < -0.4 is 0 Å². The molecule has 0 aliphatic rings. The highest BCUT2D eigenvalue weighted by Crippen LogP contribution is 2.45. The number of carbonyl (C=O) groups excluding carboxylic acids is 4. The molecule has 2 unspecified atom stereocenters. The maximum Gasteiger partial charge on any atom is 0.472 e. The smallest absolute Gasteiger partial charge is 0.462 e. The molecule has 0 saturated heterocycles. The molecule has 462 valence electrons. The first-order valence-corrected chi connectivity index (χ1v) is 34.1. The molecule has 0 heterocycles. The van der Waals surface area contributed by atoms with Crippen molar-refractivity contribution < 1.29 is 80.2 Å². The van der Waals surface area contributed by atoms with Gasteiger partial charge in [-0.15, -0.1) is 0 Å². The Kier molecular flexibility index (Phi) is 51.8. The SMILES string of the molecule is CCCCCCCCCC(=O)OC[C@H](COP(=O)(O)OC[C@H](O)COP(=O)(O)OC[C@@H](COC(=O)CCCCCCCCC)OC(=O)CCCCCCCCCCCCCCCCC(C)C)OC(=O)CCCCCCCCC. The molecule has 0 aromatic carbocycles. The maximum absolute atomic E-state index is 12.9. The molecular weight excluding hydrogens is 1040 g/mol. The molecule has 0 aliphatic heterocycles. The summed E-state index contributed by atoms with van der Waals surface area (Å²) in [4.78, 5) is 71.6. The minimum absolute atomic E-state index is 0.103. The second-order valence-electron chi connectivity index (χ2n) is 21.9. The Bertz CT molecular complexity index is 1530. The molecule has 0 rings (SSSR count). The van der Waals surface area contributed by atoms with Crippen molar-refractivity contribution in [2.75, 3.05) is 39.6 Å². The molecule has 3 N–H and O–H groups in total.